The third-order valence-corrected chi connectivity index (χ3v) is 3.32. The van der Waals surface area contributed by atoms with Gasteiger partial charge in [-0.2, -0.15) is 5.10 Å². The zero-order valence-electron chi connectivity index (χ0n) is 11.4. The summed E-state index contributed by atoms with van der Waals surface area (Å²) >= 11 is 6.05. The maximum atomic E-state index is 6.05. The molecule has 0 heterocycles. The monoisotopic (exact) mass is 272 g/mol. The van der Waals surface area contributed by atoms with Gasteiger partial charge in [0.1, 0.15) is 0 Å². The van der Waals surface area contributed by atoms with Gasteiger partial charge in [0.15, 0.2) is 0 Å². The third-order valence-electron chi connectivity index (χ3n) is 2.99. The summed E-state index contributed by atoms with van der Waals surface area (Å²) in [6, 6.07) is 11.9. The normalized spacial score (nSPS) is 10.9. The van der Waals surface area contributed by atoms with E-state index in [-0.39, 0.29) is 0 Å². The first kappa shape index (κ1) is 13.6. The number of halogens is 1. The van der Waals surface area contributed by atoms with Gasteiger partial charge >= 0.3 is 0 Å². The molecular formula is C16H17ClN2. The van der Waals surface area contributed by atoms with Crippen molar-refractivity contribution in [3.8, 4) is 0 Å². The Morgan fingerprint density at radius 2 is 1.68 bits per heavy atom. The Balaban J connectivity index is 2.18. The van der Waals surface area contributed by atoms with Gasteiger partial charge in [-0.3, -0.25) is 5.43 Å². The lowest BCUT2D eigenvalue weighted by Gasteiger charge is -2.07. The van der Waals surface area contributed by atoms with E-state index in [1.807, 2.05) is 30.5 Å². The Morgan fingerprint density at radius 3 is 2.32 bits per heavy atom. The highest BCUT2D eigenvalue weighted by Crippen LogP contribution is 2.20. The molecule has 0 bridgehead atoms. The van der Waals surface area contributed by atoms with Crippen LogP contribution in [-0.2, 0) is 0 Å². The van der Waals surface area contributed by atoms with Gasteiger partial charge in [-0.25, -0.2) is 0 Å². The average Bonchev–Trinajstić information content (AvgIpc) is 2.34. The Labute approximate surface area is 119 Å². The summed E-state index contributed by atoms with van der Waals surface area (Å²) in [5.74, 6) is 0. The van der Waals surface area contributed by atoms with Crippen molar-refractivity contribution >= 4 is 23.5 Å². The van der Waals surface area contributed by atoms with Crippen molar-refractivity contribution in [2.45, 2.75) is 20.8 Å². The van der Waals surface area contributed by atoms with E-state index >= 15 is 0 Å². The molecule has 3 heteroatoms. The number of anilines is 1. The van der Waals surface area contributed by atoms with E-state index in [0.29, 0.717) is 5.02 Å². The molecule has 2 nitrogen and oxygen atoms in total. The molecule has 98 valence electrons. The number of rotatable bonds is 3. The van der Waals surface area contributed by atoms with Crippen LogP contribution in [0.2, 0.25) is 5.02 Å². The Bertz CT molecular complexity index is 595. The van der Waals surface area contributed by atoms with Crippen molar-refractivity contribution in [2.75, 3.05) is 5.43 Å². The lowest BCUT2D eigenvalue weighted by molar-refractivity contribution is 1.29. The SMILES string of the molecule is Cc1cc(C)c(/C=N/Nc2ccccc2Cl)c(C)c1. The Morgan fingerprint density at radius 1 is 1.05 bits per heavy atom. The van der Waals surface area contributed by atoms with Crippen LogP contribution >= 0.6 is 11.6 Å². The van der Waals surface area contributed by atoms with Gasteiger partial charge in [0.25, 0.3) is 0 Å². The summed E-state index contributed by atoms with van der Waals surface area (Å²) in [4.78, 5) is 0. The summed E-state index contributed by atoms with van der Waals surface area (Å²) in [5, 5.41) is 4.93. The smallest absolute Gasteiger partial charge is 0.0748 e. The highest BCUT2D eigenvalue weighted by Gasteiger charge is 2.01. The predicted molar refractivity (Wildman–Crippen MR) is 83.3 cm³/mol. The number of hydrogen-bond acceptors (Lipinski definition) is 2. The Kier molecular flexibility index (Phi) is 4.23. The largest absolute Gasteiger partial charge is 0.277 e. The summed E-state index contributed by atoms with van der Waals surface area (Å²) < 4.78 is 0. The van der Waals surface area contributed by atoms with Crippen LogP contribution in [0.3, 0.4) is 0 Å². The maximum absolute atomic E-state index is 6.05. The maximum Gasteiger partial charge on any atom is 0.0748 e. The highest BCUT2D eigenvalue weighted by molar-refractivity contribution is 6.33. The number of hydrogen-bond donors (Lipinski definition) is 1. The predicted octanol–water partition coefficient (Wildman–Crippen LogP) is 4.71. The first-order valence-electron chi connectivity index (χ1n) is 6.19. The van der Waals surface area contributed by atoms with Gasteiger partial charge in [0.2, 0.25) is 0 Å². The quantitative estimate of drug-likeness (QED) is 0.635. The van der Waals surface area contributed by atoms with Crippen LogP contribution in [0.15, 0.2) is 41.5 Å². The summed E-state index contributed by atoms with van der Waals surface area (Å²) in [6.45, 7) is 6.29. The number of nitrogens with one attached hydrogen (secondary N) is 1. The van der Waals surface area contributed by atoms with Crippen LogP contribution in [0.1, 0.15) is 22.3 Å². The van der Waals surface area contributed by atoms with Gasteiger partial charge in [-0.05, 0) is 44.0 Å². The van der Waals surface area contributed by atoms with E-state index in [0.717, 1.165) is 11.3 Å². The molecule has 0 aliphatic rings. The van der Waals surface area contributed by atoms with E-state index in [9.17, 15) is 0 Å². The lowest BCUT2D eigenvalue weighted by Crippen LogP contribution is -1.96. The topological polar surface area (TPSA) is 24.4 Å². The van der Waals surface area contributed by atoms with Crippen LogP contribution in [-0.4, -0.2) is 6.21 Å². The third kappa shape index (κ3) is 3.36. The molecule has 19 heavy (non-hydrogen) atoms. The van der Waals surface area contributed by atoms with E-state index in [2.05, 4.69) is 43.4 Å². The fourth-order valence-corrected chi connectivity index (χ4v) is 2.29. The minimum atomic E-state index is 0.664. The van der Waals surface area contributed by atoms with Crippen LogP contribution in [0, 0.1) is 20.8 Å². The molecule has 2 rings (SSSR count). The molecule has 0 saturated heterocycles. The molecule has 0 aliphatic carbocycles. The van der Waals surface area contributed by atoms with Crippen molar-refractivity contribution in [3.05, 3.63) is 63.7 Å². The van der Waals surface area contributed by atoms with Gasteiger partial charge in [0, 0.05) is 5.56 Å². The molecule has 0 atom stereocenters. The molecule has 0 aliphatic heterocycles. The Hall–Kier alpha value is -1.80. The van der Waals surface area contributed by atoms with Crippen LogP contribution in [0.25, 0.3) is 0 Å². The van der Waals surface area contributed by atoms with E-state index < -0.39 is 0 Å². The average molecular weight is 273 g/mol. The van der Waals surface area contributed by atoms with Gasteiger partial charge in [-0.15, -0.1) is 0 Å². The van der Waals surface area contributed by atoms with Crippen molar-refractivity contribution < 1.29 is 0 Å². The standard InChI is InChI=1S/C16H17ClN2/c1-11-8-12(2)14(13(3)9-11)10-18-19-16-7-5-4-6-15(16)17/h4-10,19H,1-3H3/b18-10+. The first-order valence-corrected chi connectivity index (χ1v) is 6.57. The molecule has 0 unspecified atom stereocenters. The van der Waals surface area contributed by atoms with Gasteiger partial charge < -0.3 is 0 Å². The number of hydrazone groups is 1. The van der Waals surface area contributed by atoms with Gasteiger partial charge in [0.05, 0.1) is 16.9 Å². The number of para-hydroxylation sites is 1. The van der Waals surface area contributed by atoms with Crippen LogP contribution < -0.4 is 5.43 Å². The molecular weight excluding hydrogens is 256 g/mol. The molecule has 0 amide bonds. The van der Waals surface area contributed by atoms with Gasteiger partial charge in [-0.1, -0.05) is 41.4 Å². The van der Waals surface area contributed by atoms with E-state index in [4.69, 9.17) is 11.6 Å². The van der Waals surface area contributed by atoms with Crippen molar-refractivity contribution in [1.82, 2.24) is 0 Å². The fourth-order valence-electron chi connectivity index (χ4n) is 2.11. The van der Waals surface area contributed by atoms with E-state index in [1.54, 1.807) is 0 Å². The molecule has 1 N–H and O–H groups in total. The number of benzene rings is 2. The van der Waals surface area contributed by atoms with Crippen LogP contribution in [0.4, 0.5) is 5.69 Å². The zero-order chi connectivity index (χ0) is 13.8. The second kappa shape index (κ2) is 5.89. The summed E-state index contributed by atoms with van der Waals surface area (Å²) in [7, 11) is 0. The minimum absolute atomic E-state index is 0.664. The summed E-state index contributed by atoms with van der Waals surface area (Å²) in [5.41, 5.74) is 8.64. The highest BCUT2D eigenvalue weighted by atomic mass is 35.5. The van der Waals surface area contributed by atoms with E-state index in [1.165, 1.54) is 16.7 Å². The molecule has 0 radical (unpaired) electrons. The minimum Gasteiger partial charge on any atom is -0.277 e. The first-order chi connectivity index (χ1) is 9.08. The molecule has 2 aromatic carbocycles. The molecule has 0 fully saturated rings. The molecule has 0 spiro atoms. The fraction of sp³-hybridized carbons (Fsp3) is 0.188. The number of nitrogens with zero attached hydrogens (tertiary/aromatic N) is 1. The second-order valence-corrected chi connectivity index (χ2v) is 5.07. The molecule has 0 aromatic heterocycles. The lowest BCUT2D eigenvalue weighted by atomic mass is 10.0. The molecule has 0 saturated carbocycles. The van der Waals surface area contributed by atoms with Crippen molar-refractivity contribution in [2.24, 2.45) is 5.10 Å². The van der Waals surface area contributed by atoms with Crippen LogP contribution in [0.5, 0.6) is 0 Å². The van der Waals surface area contributed by atoms with Crippen molar-refractivity contribution in [1.29, 1.82) is 0 Å². The second-order valence-electron chi connectivity index (χ2n) is 4.66. The summed E-state index contributed by atoms with van der Waals surface area (Å²) in [6.07, 6.45) is 1.84. The zero-order valence-corrected chi connectivity index (χ0v) is 12.1. The molecule has 2 aromatic rings. The number of aryl methyl sites for hydroxylation is 3. The van der Waals surface area contributed by atoms with Crippen molar-refractivity contribution in [3.63, 3.8) is 0 Å².